The molecule has 0 spiro atoms. The Bertz CT molecular complexity index is 334. The lowest BCUT2D eigenvalue weighted by molar-refractivity contribution is 0.121. The van der Waals surface area contributed by atoms with Gasteiger partial charge < -0.3 is 5.11 Å². The summed E-state index contributed by atoms with van der Waals surface area (Å²) in [6, 6.07) is 9.92. The Hall–Kier alpha value is -0.860. The molecule has 0 aromatic heterocycles. The van der Waals surface area contributed by atoms with Gasteiger partial charge in [0.2, 0.25) is 0 Å². The first-order valence-electron chi connectivity index (χ1n) is 6.02. The Balaban J connectivity index is 1.91. The van der Waals surface area contributed by atoms with Crippen molar-refractivity contribution in [2.24, 2.45) is 5.41 Å². The van der Waals surface area contributed by atoms with Gasteiger partial charge in [0.25, 0.3) is 0 Å². The summed E-state index contributed by atoms with van der Waals surface area (Å²) in [5.41, 5.74) is 1.43. The maximum atomic E-state index is 10.1. The predicted octanol–water partition coefficient (Wildman–Crippen LogP) is 2.45. The number of rotatable bonds is 3. The van der Waals surface area contributed by atoms with Crippen LogP contribution in [0.25, 0.3) is 0 Å². The average molecular weight is 219 g/mol. The molecule has 1 aliphatic heterocycles. The van der Waals surface area contributed by atoms with Gasteiger partial charge in [-0.05, 0) is 23.9 Å². The Morgan fingerprint density at radius 3 is 2.56 bits per heavy atom. The van der Waals surface area contributed by atoms with Crippen LogP contribution in [0.2, 0.25) is 0 Å². The normalized spacial score (nSPS) is 22.2. The third kappa shape index (κ3) is 2.83. The highest BCUT2D eigenvalue weighted by molar-refractivity contribution is 5.17. The van der Waals surface area contributed by atoms with Gasteiger partial charge in [0, 0.05) is 13.1 Å². The molecule has 1 heterocycles. The second-order valence-corrected chi connectivity index (χ2v) is 5.58. The molecule has 1 N–H and O–H groups in total. The zero-order valence-corrected chi connectivity index (χ0v) is 10.2. The summed E-state index contributed by atoms with van der Waals surface area (Å²) in [4.78, 5) is 2.36. The molecule has 2 heteroatoms. The maximum Gasteiger partial charge on any atom is 0.0916 e. The molecule has 0 aliphatic carbocycles. The van der Waals surface area contributed by atoms with Crippen LogP contribution in [0.5, 0.6) is 0 Å². The number of likely N-dealkylation sites (tertiary alicyclic amines) is 1. The molecule has 1 unspecified atom stereocenters. The largest absolute Gasteiger partial charge is 0.387 e. The first kappa shape index (κ1) is 11.6. The van der Waals surface area contributed by atoms with Crippen LogP contribution < -0.4 is 0 Å². The highest BCUT2D eigenvalue weighted by Gasteiger charge is 2.30. The topological polar surface area (TPSA) is 23.5 Å². The van der Waals surface area contributed by atoms with Crippen LogP contribution in [0.15, 0.2) is 30.3 Å². The molecule has 88 valence electrons. The van der Waals surface area contributed by atoms with Crippen molar-refractivity contribution in [1.82, 2.24) is 4.90 Å². The molecule has 1 aromatic carbocycles. The van der Waals surface area contributed by atoms with Crippen molar-refractivity contribution in [3.63, 3.8) is 0 Å². The lowest BCUT2D eigenvalue weighted by Crippen LogP contribution is -2.28. The van der Waals surface area contributed by atoms with E-state index < -0.39 is 0 Å². The van der Waals surface area contributed by atoms with Gasteiger partial charge in [0.1, 0.15) is 0 Å². The zero-order chi connectivity index (χ0) is 11.6. The van der Waals surface area contributed by atoms with Crippen molar-refractivity contribution in [3.8, 4) is 0 Å². The highest BCUT2D eigenvalue weighted by atomic mass is 16.3. The minimum Gasteiger partial charge on any atom is -0.387 e. The molecule has 1 aromatic rings. The summed E-state index contributed by atoms with van der Waals surface area (Å²) >= 11 is 0. The molecule has 0 bridgehead atoms. The minimum absolute atomic E-state index is 0.352. The van der Waals surface area contributed by atoms with Crippen molar-refractivity contribution >= 4 is 0 Å². The molecular formula is C14H21NO. The average Bonchev–Trinajstić information content (AvgIpc) is 2.59. The van der Waals surface area contributed by atoms with Gasteiger partial charge in [-0.3, -0.25) is 4.90 Å². The van der Waals surface area contributed by atoms with Crippen molar-refractivity contribution < 1.29 is 5.11 Å². The van der Waals surface area contributed by atoms with E-state index >= 15 is 0 Å². The number of benzene rings is 1. The molecule has 0 saturated carbocycles. The number of hydrogen-bond donors (Lipinski definition) is 1. The van der Waals surface area contributed by atoms with Crippen LogP contribution in [-0.4, -0.2) is 29.6 Å². The van der Waals surface area contributed by atoms with E-state index in [1.165, 1.54) is 6.42 Å². The second-order valence-electron chi connectivity index (χ2n) is 5.58. The Kier molecular flexibility index (Phi) is 3.31. The molecule has 0 amide bonds. The molecule has 1 aliphatic rings. The summed E-state index contributed by atoms with van der Waals surface area (Å²) in [7, 11) is 0. The van der Waals surface area contributed by atoms with Gasteiger partial charge in [-0.25, -0.2) is 0 Å². The zero-order valence-electron chi connectivity index (χ0n) is 10.2. The Morgan fingerprint density at radius 2 is 2.00 bits per heavy atom. The smallest absolute Gasteiger partial charge is 0.0916 e. The first-order valence-corrected chi connectivity index (χ1v) is 6.02. The van der Waals surface area contributed by atoms with Crippen LogP contribution in [0.1, 0.15) is 31.9 Å². The molecule has 2 rings (SSSR count). The number of hydrogen-bond acceptors (Lipinski definition) is 2. The number of aliphatic hydroxyl groups is 1. The van der Waals surface area contributed by atoms with E-state index in [0.717, 1.165) is 25.2 Å². The summed E-state index contributed by atoms with van der Waals surface area (Å²) in [6.45, 7) is 7.55. The highest BCUT2D eigenvalue weighted by Crippen LogP contribution is 2.29. The number of β-amino-alcohol motifs (C(OH)–C–C–N with tert-alkyl or cyclic N) is 1. The lowest BCUT2D eigenvalue weighted by Gasteiger charge is -2.22. The minimum atomic E-state index is -0.352. The van der Waals surface area contributed by atoms with Crippen LogP contribution in [0.4, 0.5) is 0 Å². The van der Waals surface area contributed by atoms with Gasteiger partial charge in [-0.2, -0.15) is 0 Å². The van der Waals surface area contributed by atoms with E-state index in [9.17, 15) is 5.11 Å². The van der Waals surface area contributed by atoms with Crippen molar-refractivity contribution in [1.29, 1.82) is 0 Å². The van der Waals surface area contributed by atoms with E-state index in [0.29, 0.717) is 5.41 Å². The molecule has 1 saturated heterocycles. The fraction of sp³-hybridized carbons (Fsp3) is 0.571. The Labute approximate surface area is 97.9 Å². The predicted molar refractivity (Wildman–Crippen MR) is 66.2 cm³/mol. The van der Waals surface area contributed by atoms with E-state index in [1.54, 1.807) is 0 Å². The third-order valence-corrected chi connectivity index (χ3v) is 3.37. The molecule has 1 fully saturated rings. The fourth-order valence-electron chi connectivity index (χ4n) is 2.41. The van der Waals surface area contributed by atoms with Crippen LogP contribution in [0, 0.1) is 5.41 Å². The molecule has 16 heavy (non-hydrogen) atoms. The maximum absolute atomic E-state index is 10.1. The monoisotopic (exact) mass is 219 g/mol. The molecular weight excluding hydrogens is 198 g/mol. The van der Waals surface area contributed by atoms with Crippen LogP contribution >= 0.6 is 0 Å². The third-order valence-electron chi connectivity index (χ3n) is 3.37. The second kappa shape index (κ2) is 4.56. The van der Waals surface area contributed by atoms with Gasteiger partial charge in [-0.1, -0.05) is 44.2 Å². The van der Waals surface area contributed by atoms with E-state index in [4.69, 9.17) is 0 Å². The number of nitrogens with zero attached hydrogens (tertiary/aromatic N) is 1. The quantitative estimate of drug-likeness (QED) is 0.844. The summed E-state index contributed by atoms with van der Waals surface area (Å²) in [5.74, 6) is 0. The van der Waals surface area contributed by atoms with E-state index in [2.05, 4.69) is 18.7 Å². The Morgan fingerprint density at radius 1 is 1.31 bits per heavy atom. The summed E-state index contributed by atoms with van der Waals surface area (Å²) in [5, 5.41) is 10.1. The van der Waals surface area contributed by atoms with Gasteiger partial charge in [0.05, 0.1) is 6.10 Å². The van der Waals surface area contributed by atoms with E-state index in [-0.39, 0.29) is 6.10 Å². The van der Waals surface area contributed by atoms with Crippen LogP contribution in [-0.2, 0) is 0 Å². The SMILES string of the molecule is CC1(C)CCN(CC(O)c2ccccc2)C1. The van der Waals surface area contributed by atoms with Gasteiger partial charge in [0.15, 0.2) is 0 Å². The van der Waals surface area contributed by atoms with Gasteiger partial charge >= 0.3 is 0 Å². The van der Waals surface area contributed by atoms with E-state index in [1.807, 2.05) is 30.3 Å². The standard InChI is InChI=1S/C14H21NO/c1-14(2)8-9-15(11-14)10-13(16)12-6-4-3-5-7-12/h3-7,13,16H,8-11H2,1-2H3. The summed E-state index contributed by atoms with van der Waals surface area (Å²) < 4.78 is 0. The van der Waals surface area contributed by atoms with Crippen LogP contribution in [0.3, 0.4) is 0 Å². The number of aliphatic hydroxyl groups excluding tert-OH is 1. The first-order chi connectivity index (χ1) is 7.57. The van der Waals surface area contributed by atoms with Gasteiger partial charge in [-0.15, -0.1) is 0 Å². The molecule has 1 atom stereocenters. The summed E-state index contributed by atoms with van der Waals surface area (Å²) in [6.07, 6.45) is 0.879. The molecule has 0 radical (unpaired) electrons. The lowest BCUT2D eigenvalue weighted by atomic mass is 9.93. The van der Waals surface area contributed by atoms with Crippen molar-refractivity contribution in [2.45, 2.75) is 26.4 Å². The molecule has 2 nitrogen and oxygen atoms in total. The van der Waals surface area contributed by atoms with Crippen molar-refractivity contribution in [3.05, 3.63) is 35.9 Å². The van der Waals surface area contributed by atoms with Crippen molar-refractivity contribution in [2.75, 3.05) is 19.6 Å². The fourth-order valence-corrected chi connectivity index (χ4v) is 2.41.